The van der Waals surface area contributed by atoms with Crippen molar-refractivity contribution in [3.05, 3.63) is 24.3 Å². The number of morpholine rings is 1. The maximum atomic E-state index is 12.1. The molecule has 102 valence electrons. The fourth-order valence-corrected chi connectivity index (χ4v) is 3.35. The van der Waals surface area contributed by atoms with Crippen molar-refractivity contribution in [2.45, 2.75) is 4.90 Å². The summed E-state index contributed by atoms with van der Waals surface area (Å²) in [4.78, 5) is 2.36. The molecule has 1 N–H and O–H groups in total. The van der Waals surface area contributed by atoms with Gasteiger partial charge in [-0.1, -0.05) is 12.1 Å². The Balaban J connectivity index is 1.83. The van der Waals surface area contributed by atoms with Gasteiger partial charge in [0.15, 0.2) is 0 Å². The third-order valence-electron chi connectivity index (χ3n) is 3.15. The first-order chi connectivity index (χ1) is 9.15. The second kappa shape index (κ2) is 4.92. The summed E-state index contributed by atoms with van der Waals surface area (Å²) in [6.07, 6.45) is 0. The molecule has 0 atom stereocenters. The number of amidine groups is 1. The van der Waals surface area contributed by atoms with E-state index in [0.717, 1.165) is 13.1 Å². The normalized spacial score (nSPS) is 22.2. The summed E-state index contributed by atoms with van der Waals surface area (Å²) in [5.41, 5.74) is 0.598. The average molecular weight is 281 g/mol. The fourth-order valence-electron chi connectivity index (χ4n) is 2.21. The van der Waals surface area contributed by atoms with E-state index in [2.05, 4.69) is 14.6 Å². The van der Waals surface area contributed by atoms with Gasteiger partial charge in [0.2, 0.25) is 0 Å². The maximum Gasteiger partial charge on any atom is 0.286 e. The lowest BCUT2D eigenvalue weighted by molar-refractivity contribution is 0.0453. The minimum atomic E-state index is -3.57. The van der Waals surface area contributed by atoms with Crippen molar-refractivity contribution in [1.82, 2.24) is 4.90 Å². The van der Waals surface area contributed by atoms with Crippen molar-refractivity contribution in [1.29, 1.82) is 0 Å². The van der Waals surface area contributed by atoms with Crippen LogP contribution in [0.2, 0.25) is 0 Å². The summed E-state index contributed by atoms with van der Waals surface area (Å²) in [5, 5.41) is 3.09. The number of nitrogens with one attached hydrogen (secondary N) is 1. The SMILES string of the molecule is O=S1(=O)N=C(CN2CCOCC2)Nc2ccccc21. The predicted octanol–water partition coefficient (Wildman–Crippen LogP) is 0.531. The smallest absolute Gasteiger partial charge is 0.286 e. The molecule has 2 heterocycles. The summed E-state index contributed by atoms with van der Waals surface area (Å²) < 4.78 is 33.2. The molecule has 0 aliphatic carbocycles. The number of nitrogens with zero attached hydrogens (tertiary/aromatic N) is 2. The Bertz CT molecular complexity index is 606. The number of para-hydroxylation sites is 1. The first-order valence-corrected chi connectivity index (χ1v) is 7.59. The Morgan fingerprint density at radius 1 is 1.26 bits per heavy atom. The molecule has 1 aromatic carbocycles. The molecule has 1 fully saturated rings. The number of rotatable bonds is 2. The number of hydrogen-bond donors (Lipinski definition) is 1. The topological polar surface area (TPSA) is 71.0 Å². The van der Waals surface area contributed by atoms with Crippen LogP contribution in [0.15, 0.2) is 33.6 Å². The zero-order valence-electron chi connectivity index (χ0n) is 10.4. The summed E-state index contributed by atoms with van der Waals surface area (Å²) in [6, 6.07) is 6.81. The largest absolute Gasteiger partial charge is 0.379 e. The monoisotopic (exact) mass is 281 g/mol. The van der Waals surface area contributed by atoms with Gasteiger partial charge in [-0.15, -0.1) is 4.40 Å². The van der Waals surface area contributed by atoms with Crippen LogP contribution in [0.4, 0.5) is 5.69 Å². The van der Waals surface area contributed by atoms with Crippen molar-refractivity contribution >= 4 is 21.5 Å². The molecule has 3 rings (SSSR count). The van der Waals surface area contributed by atoms with Crippen molar-refractivity contribution < 1.29 is 13.2 Å². The van der Waals surface area contributed by atoms with Crippen molar-refractivity contribution in [3.8, 4) is 0 Å². The summed E-state index contributed by atoms with van der Waals surface area (Å²) >= 11 is 0. The van der Waals surface area contributed by atoms with Crippen molar-refractivity contribution in [2.24, 2.45) is 4.40 Å². The molecule has 0 radical (unpaired) electrons. The average Bonchev–Trinajstić information content (AvgIpc) is 2.39. The van der Waals surface area contributed by atoms with Crippen molar-refractivity contribution in [2.75, 3.05) is 38.2 Å². The lowest BCUT2D eigenvalue weighted by atomic mass is 10.3. The number of sulfonamides is 1. The van der Waals surface area contributed by atoms with E-state index in [-0.39, 0.29) is 4.90 Å². The van der Waals surface area contributed by atoms with Gasteiger partial charge in [0.1, 0.15) is 10.7 Å². The van der Waals surface area contributed by atoms with Gasteiger partial charge in [0, 0.05) is 13.1 Å². The lowest BCUT2D eigenvalue weighted by Crippen LogP contribution is -2.42. The van der Waals surface area contributed by atoms with E-state index in [1.54, 1.807) is 24.3 Å². The van der Waals surface area contributed by atoms with Crippen LogP contribution in [0.1, 0.15) is 0 Å². The van der Waals surface area contributed by atoms with Crippen LogP contribution >= 0.6 is 0 Å². The molecule has 1 aromatic rings. The second-order valence-corrected chi connectivity index (χ2v) is 6.10. The summed E-state index contributed by atoms with van der Waals surface area (Å²) in [5.74, 6) is 0.473. The summed E-state index contributed by atoms with van der Waals surface area (Å²) in [7, 11) is -3.57. The quantitative estimate of drug-likeness (QED) is 0.856. The Labute approximate surface area is 112 Å². The van der Waals surface area contributed by atoms with E-state index in [9.17, 15) is 8.42 Å². The highest BCUT2D eigenvalue weighted by Gasteiger charge is 2.25. The molecule has 0 spiro atoms. The number of hydrogen-bond acceptors (Lipinski definition) is 5. The van der Waals surface area contributed by atoms with E-state index < -0.39 is 10.0 Å². The fraction of sp³-hybridized carbons (Fsp3) is 0.417. The molecule has 19 heavy (non-hydrogen) atoms. The molecular weight excluding hydrogens is 266 g/mol. The van der Waals surface area contributed by atoms with E-state index in [0.29, 0.717) is 31.3 Å². The maximum absolute atomic E-state index is 12.1. The highest BCUT2D eigenvalue weighted by atomic mass is 32.2. The molecular formula is C12H15N3O3S. The summed E-state index contributed by atoms with van der Waals surface area (Å²) in [6.45, 7) is 3.44. The van der Waals surface area contributed by atoms with Crippen LogP contribution in [-0.4, -0.2) is 52.0 Å². The van der Waals surface area contributed by atoms with Gasteiger partial charge in [-0.2, -0.15) is 8.42 Å². The highest BCUT2D eigenvalue weighted by Crippen LogP contribution is 2.26. The number of benzene rings is 1. The van der Waals surface area contributed by atoms with E-state index >= 15 is 0 Å². The predicted molar refractivity (Wildman–Crippen MR) is 71.9 cm³/mol. The van der Waals surface area contributed by atoms with Gasteiger partial charge in [0.05, 0.1) is 25.4 Å². The molecule has 6 nitrogen and oxygen atoms in total. The Hall–Kier alpha value is -1.44. The van der Waals surface area contributed by atoms with Gasteiger partial charge in [0.25, 0.3) is 10.0 Å². The van der Waals surface area contributed by atoms with Crippen LogP contribution < -0.4 is 5.32 Å². The van der Waals surface area contributed by atoms with Gasteiger partial charge in [-0.05, 0) is 12.1 Å². The molecule has 0 bridgehead atoms. The first kappa shape index (κ1) is 12.6. The molecule has 0 aromatic heterocycles. The first-order valence-electron chi connectivity index (χ1n) is 6.15. The van der Waals surface area contributed by atoms with Gasteiger partial charge < -0.3 is 10.1 Å². The standard InChI is InChI=1S/C12H15N3O3S/c16-19(17)11-4-2-1-3-10(11)13-12(14-19)9-15-5-7-18-8-6-15/h1-4H,5-9H2,(H,13,14). The van der Waals surface area contributed by atoms with E-state index in [1.165, 1.54) is 0 Å². The molecule has 7 heteroatoms. The Morgan fingerprint density at radius 2 is 2.00 bits per heavy atom. The van der Waals surface area contributed by atoms with Gasteiger partial charge in [-0.3, -0.25) is 4.90 Å². The van der Waals surface area contributed by atoms with Crippen molar-refractivity contribution in [3.63, 3.8) is 0 Å². The Kier molecular flexibility index (Phi) is 3.26. The zero-order chi connectivity index (χ0) is 13.3. The number of fused-ring (bicyclic) bond motifs is 1. The third kappa shape index (κ3) is 2.63. The van der Waals surface area contributed by atoms with Gasteiger partial charge in [-0.25, -0.2) is 0 Å². The van der Waals surface area contributed by atoms with E-state index in [1.807, 2.05) is 0 Å². The minimum Gasteiger partial charge on any atom is -0.379 e. The van der Waals surface area contributed by atoms with Crippen LogP contribution in [0.25, 0.3) is 0 Å². The number of ether oxygens (including phenoxy) is 1. The Morgan fingerprint density at radius 3 is 2.79 bits per heavy atom. The van der Waals surface area contributed by atoms with Crippen LogP contribution in [0.5, 0.6) is 0 Å². The molecule has 2 aliphatic rings. The zero-order valence-corrected chi connectivity index (χ0v) is 11.2. The van der Waals surface area contributed by atoms with Gasteiger partial charge >= 0.3 is 0 Å². The van der Waals surface area contributed by atoms with E-state index in [4.69, 9.17) is 4.74 Å². The molecule has 0 unspecified atom stereocenters. The van der Waals surface area contributed by atoms with Crippen LogP contribution in [-0.2, 0) is 14.8 Å². The number of anilines is 1. The highest BCUT2D eigenvalue weighted by molar-refractivity contribution is 7.90. The molecule has 1 saturated heterocycles. The lowest BCUT2D eigenvalue weighted by Gasteiger charge is -2.28. The molecule has 0 saturated carbocycles. The minimum absolute atomic E-state index is 0.237. The third-order valence-corrected chi connectivity index (χ3v) is 4.52. The second-order valence-electron chi connectivity index (χ2n) is 4.52. The van der Waals surface area contributed by atoms with Crippen LogP contribution in [0.3, 0.4) is 0 Å². The molecule has 0 amide bonds. The molecule has 2 aliphatic heterocycles. The van der Waals surface area contributed by atoms with Crippen LogP contribution in [0, 0.1) is 0 Å².